The summed E-state index contributed by atoms with van der Waals surface area (Å²) >= 11 is 14.4. The molecule has 13 heteroatoms. The number of nitrogens with zero attached hydrogens (tertiary/aromatic N) is 7. The third-order valence-corrected chi connectivity index (χ3v) is 10.4. The van der Waals surface area contributed by atoms with Gasteiger partial charge in [0, 0.05) is 65.8 Å². The average Bonchev–Trinajstić information content (AvgIpc) is 3.90. The SMILES string of the molecule is CCC(C)n1ccsc1=Nc1cccc(N2CCN(c3ccc(OCC4COC(Cn5cncn5)(c5ccc(Cl)cc5Cl)O4)cc3)CC2)c1. The molecule has 3 unspecified atom stereocenters. The van der Waals surface area contributed by atoms with Gasteiger partial charge in [0.15, 0.2) is 4.80 Å². The first-order valence-electron chi connectivity index (χ1n) is 16.5. The summed E-state index contributed by atoms with van der Waals surface area (Å²) in [5.41, 5.74) is 4.04. The number of rotatable bonds is 11. The number of benzene rings is 3. The van der Waals surface area contributed by atoms with Crippen LogP contribution in [0, 0.1) is 0 Å². The van der Waals surface area contributed by atoms with Crippen LogP contribution in [0.4, 0.5) is 17.1 Å². The minimum Gasteiger partial charge on any atom is -0.491 e. The molecule has 0 aliphatic carbocycles. The fourth-order valence-electron chi connectivity index (χ4n) is 6.21. The normalized spacial score (nSPS) is 20.6. The number of piperazine rings is 1. The van der Waals surface area contributed by atoms with Gasteiger partial charge >= 0.3 is 0 Å². The molecule has 0 N–H and O–H groups in total. The van der Waals surface area contributed by atoms with Crippen LogP contribution in [0.5, 0.6) is 5.75 Å². The Kier molecular flexibility index (Phi) is 10.2. The van der Waals surface area contributed by atoms with Crippen molar-refractivity contribution in [1.29, 1.82) is 0 Å². The van der Waals surface area contributed by atoms with Crippen molar-refractivity contribution in [2.75, 3.05) is 49.2 Å². The second-order valence-corrected chi connectivity index (χ2v) is 14.0. The van der Waals surface area contributed by atoms with E-state index < -0.39 is 5.79 Å². The highest BCUT2D eigenvalue weighted by atomic mass is 35.5. The zero-order valence-corrected chi connectivity index (χ0v) is 29.8. The molecule has 256 valence electrons. The fraction of sp³-hybridized carbons (Fsp3) is 0.361. The summed E-state index contributed by atoms with van der Waals surface area (Å²) in [7, 11) is 0. The molecule has 3 atom stereocenters. The van der Waals surface area contributed by atoms with E-state index in [1.165, 1.54) is 17.7 Å². The Labute approximate surface area is 300 Å². The van der Waals surface area contributed by atoms with Crippen LogP contribution in [-0.2, 0) is 21.8 Å². The summed E-state index contributed by atoms with van der Waals surface area (Å²) in [6.07, 6.45) is 5.98. The van der Waals surface area contributed by atoms with E-state index in [-0.39, 0.29) is 12.6 Å². The van der Waals surface area contributed by atoms with Crippen LogP contribution in [-0.4, -0.2) is 64.8 Å². The lowest BCUT2D eigenvalue weighted by atomic mass is 10.1. The van der Waals surface area contributed by atoms with E-state index in [0.29, 0.717) is 34.9 Å². The molecule has 2 saturated heterocycles. The Morgan fingerprint density at radius 1 is 1.02 bits per heavy atom. The summed E-state index contributed by atoms with van der Waals surface area (Å²) in [6.45, 7) is 9.08. The van der Waals surface area contributed by atoms with E-state index in [1.54, 1.807) is 34.5 Å². The maximum absolute atomic E-state index is 6.59. The van der Waals surface area contributed by atoms with Gasteiger partial charge in [0.25, 0.3) is 0 Å². The van der Waals surface area contributed by atoms with Crippen LogP contribution in [0.1, 0.15) is 31.9 Å². The van der Waals surface area contributed by atoms with Gasteiger partial charge in [0.2, 0.25) is 5.79 Å². The predicted molar refractivity (Wildman–Crippen MR) is 194 cm³/mol. The van der Waals surface area contributed by atoms with Gasteiger partial charge in [-0.15, -0.1) is 11.3 Å². The summed E-state index contributed by atoms with van der Waals surface area (Å²) in [5, 5.41) is 7.35. The predicted octanol–water partition coefficient (Wildman–Crippen LogP) is 7.33. The minimum atomic E-state index is -1.15. The first kappa shape index (κ1) is 33.6. The first-order valence-corrected chi connectivity index (χ1v) is 18.2. The average molecular weight is 721 g/mol. The largest absolute Gasteiger partial charge is 0.491 e. The van der Waals surface area contributed by atoms with Crippen LogP contribution in [0.2, 0.25) is 10.0 Å². The first-order chi connectivity index (χ1) is 23.9. The summed E-state index contributed by atoms with van der Waals surface area (Å²) in [4.78, 5) is 14.9. The molecule has 0 bridgehead atoms. The van der Waals surface area contributed by atoms with E-state index in [2.05, 4.69) is 86.3 Å². The van der Waals surface area contributed by atoms with E-state index in [4.69, 9.17) is 42.4 Å². The van der Waals surface area contributed by atoms with Crippen molar-refractivity contribution in [1.82, 2.24) is 19.3 Å². The lowest BCUT2D eigenvalue weighted by Gasteiger charge is -2.37. The van der Waals surface area contributed by atoms with Gasteiger partial charge in [-0.05, 0) is 67.9 Å². The van der Waals surface area contributed by atoms with Gasteiger partial charge in [-0.3, -0.25) is 0 Å². The highest BCUT2D eigenvalue weighted by molar-refractivity contribution is 7.07. The smallest absolute Gasteiger partial charge is 0.217 e. The molecule has 0 saturated carbocycles. The third-order valence-electron chi connectivity index (χ3n) is 9.06. The van der Waals surface area contributed by atoms with Crippen LogP contribution in [0.15, 0.2) is 96.0 Å². The highest BCUT2D eigenvalue weighted by Crippen LogP contribution is 2.40. The summed E-state index contributed by atoms with van der Waals surface area (Å²) in [6, 6.07) is 22.5. The molecule has 10 nitrogen and oxygen atoms in total. The number of anilines is 2. The molecule has 7 rings (SSSR count). The van der Waals surface area contributed by atoms with Crippen molar-refractivity contribution in [3.63, 3.8) is 0 Å². The Hall–Kier alpha value is -3.87. The second kappa shape index (κ2) is 14.9. The number of halogens is 2. The Bertz CT molecular complexity index is 1910. The van der Waals surface area contributed by atoms with E-state index in [1.807, 2.05) is 18.2 Å². The van der Waals surface area contributed by atoms with Crippen LogP contribution < -0.4 is 19.3 Å². The standard InChI is InChI=1S/C36H39Cl2N7O3S/c1-3-26(2)45-17-18-49-35(45)41-28-5-4-6-30(20-28)43-15-13-42(14-16-43)29-8-10-31(11-9-29)46-21-32-22-47-36(48-32,23-44-25-39-24-40-44)33-12-7-27(37)19-34(33)38/h4-12,17-20,24-26,32H,3,13-16,21-23H2,1-2H3. The van der Waals surface area contributed by atoms with Crippen molar-refractivity contribution >= 4 is 51.6 Å². The highest BCUT2D eigenvalue weighted by Gasteiger charge is 2.45. The zero-order chi connectivity index (χ0) is 33.8. The molecule has 0 amide bonds. The number of hydrogen-bond acceptors (Lipinski definition) is 9. The molecule has 5 aromatic rings. The van der Waals surface area contributed by atoms with Crippen molar-refractivity contribution < 1.29 is 14.2 Å². The third kappa shape index (κ3) is 7.66. The molecule has 3 aromatic carbocycles. The van der Waals surface area contributed by atoms with Gasteiger partial charge < -0.3 is 28.6 Å². The fourth-order valence-corrected chi connectivity index (χ4v) is 7.60. The molecule has 2 aliphatic heterocycles. The molecule has 2 aromatic heterocycles. The van der Waals surface area contributed by atoms with Crippen molar-refractivity contribution in [3.05, 3.63) is 111 Å². The van der Waals surface area contributed by atoms with Crippen molar-refractivity contribution in [3.8, 4) is 5.75 Å². The molecule has 2 aliphatic rings. The topological polar surface area (TPSA) is 82.2 Å². The number of thiazole rings is 1. The maximum Gasteiger partial charge on any atom is 0.217 e. The Morgan fingerprint density at radius 2 is 1.82 bits per heavy atom. The number of aromatic nitrogens is 4. The van der Waals surface area contributed by atoms with Gasteiger partial charge in [-0.25, -0.2) is 14.7 Å². The monoisotopic (exact) mass is 719 g/mol. The van der Waals surface area contributed by atoms with Gasteiger partial charge in [-0.1, -0.05) is 42.3 Å². The van der Waals surface area contributed by atoms with Gasteiger partial charge in [0.1, 0.15) is 37.7 Å². The van der Waals surface area contributed by atoms with Crippen LogP contribution in [0.25, 0.3) is 0 Å². The second-order valence-electron chi connectivity index (χ2n) is 12.3. The molecule has 0 spiro atoms. The lowest BCUT2D eigenvalue weighted by molar-refractivity contribution is -0.190. The Morgan fingerprint density at radius 3 is 2.55 bits per heavy atom. The molecule has 0 radical (unpaired) electrons. The molecule has 2 fully saturated rings. The number of hydrogen-bond donors (Lipinski definition) is 0. The summed E-state index contributed by atoms with van der Waals surface area (Å²) < 4.78 is 22.8. The molecule has 4 heterocycles. The molecular formula is C36H39Cl2N7O3S. The zero-order valence-electron chi connectivity index (χ0n) is 27.5. The minimum absolute atomic E-state index is 0.279. The van der Waals surface area contributed by atoms with Crippen molar-refractivity contribution in [2.24, 2.45) is 4.99 Å². The number of ether oxygens (including phenoxy) is 3. The van der Waals surface area contributed by atoms with E-state index >= 15 is 0 Å². The van der Waals surface area contributed by atoms with Crippen molar-refractivity contribution in [2.45, 2.75) is 44.7 Å². The van der Waals surface area contributed by atoms with Crippen LogP contribution in [0.3, 0.4) is 0 Å². The quantitative estimate of drug-likeness (QED) is 0.141. The molecule has 49 heavy (non-hydrogen) atoms. The lowest BCUT2D eigenvalue weighted by Crippen LogP contribution is -2.46. The summed E-state index contributed by atoms with van der Waals surface area (Å²) in [5.74, 6) is -0.379. The van der Waals surface area contributed by atoms with E-state index in [0.717, 1.165) is 48.8 Å². The van der Waals surface area contributed by atoms with Gasteiger partial charge in [-0.2, -0.15) is 5.10 Å². The Balaban J connectivity index is 0.941. The maximum atomic E-state index is 6.59. The van der Waals surface area contributed by atoms with E-state index in [9.17, 15) is 0 Å². The molecular weight excluding hydrogens is 681 g/mol. The van der Waals surface area contributed by atoms with Gasteiger partial charge in [0.05, 0.1) is 17.3 Å². The van der Waals surface area contributed by atoms with Crippen LogP contribution >= 0.6 is 34.5 Å².